The standard InChI is InChI=1S/C15H28N4O2/c1-5-20-11-15-18-13(16-4)9-14(19-15)17-7-6-8-21-10-12(2)3/h9,12H,5-8,10-11H2,1-4H3,(H2,16,17,18,19). The first kappa shape index (κ1) is 17.7. The predicted molar refractivity (Wildman–Crippen MR) is 85.7 cm³/mol. The summed E-state index contributed by atoms with van der Waals surface area (Å²) in [6.07, 6.45) is 0.951. The van der Waals surface area contributed by atoms with E-state index in [2.05, 4.69) is 34.4 Å². The third-order valence-electron chi connectivity index (χ3n) is 2.69. The molecule has 0 saturated heterocycles. The van der Waals surface area contributed by atoms with Crippen LogP contribution in [-0.4, -0.2) is 43.4 Å². The van der Waals surface area contributed by atoms with E-state index in [1.54, 1.807) is 0 Å². The summed E-state index contributed by atoms with van der Waals surface area (Å²) in [4.78, 5) is 8.79. The van der Waals surface area contributed by atoms with Crippen molar-refractivity contribution >= 4 is 11.6 Å². The van der Waals surface area contributed by atoms with E-state index >= 15 is 0 Å². The van der Waals surface area contributed by atoms with E-state index < -0.39 is 0 Å². The number of hydrogen-bond donors (Lipinski definition) is 2. The number of nitrogens with one attached hydrogen (secondary N) is 2. The molecule has 0 spiro atoms. The van der Waals surface area contributed by atoms with E-state index in [0.29, 0.717) is 25.0 Å². The van der Waals surface area contributed by atoms with E-state index in [4.69, 9.17) is 9.47 Å². The maximum absolute atomic E-state index is 5.55. The molecule has 6 nitrogen and oxygen atoms in total. The molecule has 1 rings (SSSR count). The van der Waals surface area contributed by atoms with Crippen LogP contribution in [0.25, 0.3) is 0 Å². The number of ether oxygens (including phenoxy) is 2. The lowest BCUT2D eigenvalue weighted by Gasteiger charge is -2.10. The van der Waals surface area contributed by atoms with Crippen molar-refractivity contribution in [3.8, 4) is 0 Å². The zero-order valence-corrected chi connectivity index (χ0v) is 13.6. The highest BCUT2D eigenvalue weighted by Gasteiger charge is 2.04. The fourth-order valence-corrected chi connectivity index (χ4v) is 1.68. The highest BCUT2D eigenvalue weighted by molar-refractivity contribution is 5.47. The molecule has 6 heteroatoms. The summed E-state index contributed by atoms with van der Waals surface area (Å²) >= 11 is 0. The summed E-state index contributed by atoms with van der Waals surface area (Å²) in [6, 6.07) is 1.89. The van der Waals surface area contributed by atoms with Crippen molar-refractivity contribution in [1.82, 2.24) is 9.97 Å². The van der Waals surface area contributed by atoms with Gasteiger partial charge < -0.3 is 20.1 Å². The molecule has 0 aliphatic rings. The number of nitrogens with zero attached hydrogens (tertiary/aromatic N) is 2. The molecule has 0 bridgehead atoms. The first-order chi connectivity index (χ1) is 10.2. The van der Waals surface area contributed by atoms with Gasteiger partial charge in [0.15, 0.2) is 5.82 Å². The minimum absolute atomic E-state index is 0.429. The molecule has 0 aliphatic carbocycles. The van der Waals surface area contributed by atoms with Crippen molar-refractivity contribution in [2.45, 2.75) is 33.8 Å². The van der Waals surface area contributed by atoms with Crippen molar-refractivity contribution in [2.24, 2.45) is 5.92 Å². The van der Waals surface area contributed by atoms with Crippen molar-refractivity contribution in [2.75, 3.05) is 44.0 Å². The van der Waals surface area contributed by atoms with Gasteiger partial charge in [0.05, 0.1) is 0 Å². The number of aromatic nitrogens is 2. The second-order valence-electron chi connectivity index (χ2n) is 5.19. The van der Waals surface area contributed by atoms with Gasteiger partial charge in [-0.2, -0.15) is 0 Å². The van der Waals surface area contributed by atoms with Gasteiger partial charge in [0, 0.05) is 39.5 Å². The molecule has 0 amide bonds. The van der Waals surface area contributed by atoms with Crippen LogP contribution in [0.3, 0.4) is 0 Å². The molecule has 1 aromatic heterocycles. The Labute approximate surface area is 127 Å². The van der Waals surface area contributed by atoms with Crippen LogP contribution in [0.4, 0.5) is 11.6 Å². The van der Waals surface area contributed by atoms with Crippen molar-refractivity contribution in [3.63, 3.8) is 0 Å². The fourth-order valence-electron chi connectivity index (χ4n) is 1.68. The average Bonchev–Trinajstić information content (AvgIpc) is 2.48. The predicted octanol–water partition coefficient (Wildman–Crippen LogP) is 2.53. The molecule has 0 unspecified atom stereocenters. The van der Waals surface area contributed by atoms with E-state index in [1.807, 2.05) is 20.0 Å². The maximum atomic E-state index is 5.55. The van der Waals surface area contributed by atoms with Gasteiger partial charge in [-0.25, -0.2) is 9.97 Å². The fraction of sp³-hybridized carbons (Fsp3) is 0.733. The van der Waals surface area contributed by atoms with Crippen LogP contribution in [0.1, 0.15) is 33.0 Å². The lowest BCUT2D eigenvalue weighted by atomic mass is 10.2. The van der Waals surface area contributed by atoms with Gasteiger partial charge in [0.1, 0.15) is 18.2 Å². The molecule has 0 aliphatic heterocycles. The summed E-state index contributed by atoms with van der Waals surface area (Å²) < 4.78 is 10.9. The smallest absolute Gasteiger partial charge is 0.158 e. The Morgan fingerprint density at radius 3 is 2.62 bits per heavy atom. The second-order valence-corrected chi connectivity index (χ2v) is 5.19. The SMILES string of the molecule is CCOCc1nc(NC)cc(NCCCOCC(C)C)n1. The summed E-state index contributed by atoms with van der Waals surface area (Å²) in [5.74, 6) is 2.87. The van der Waals surface area contributed by atoms with E-state index in [0.717, 1.165) is 37.8 Å². The van der Waals surface area contributed by atoms with Crippen LogP contribution >= 0.6 is 0 Å². The molecule has 2 N–H and O–H groups in total. The Balaban J connectivity index is 2.39. The van der Waals surface area contributed by atoms with Crippen molar-refractivity contribution < 1.29 is 9.47 Å². The van der Waals surface area contributed by atoms with Gasteiger partial charge in [0.2, 0.25) is 0 Å². The van der Waals surface area contributed by atoms with Crippen LogP contribution < -0.4 is 10.6 Å². The molecule has 120 valence electrons. The Kier molecular flexibility index (Phi) is 8.69. The molecule has 1 heterocycles. The van der Waals surface area contributed by atoms with Gasteiger partial charge in [-0.1, -0.05) is 13.8 Å². The monoisotopic (exact) mass is 296 g/mol. The van der Waals surface area contributed by atoms with Crippen LogP contribution in [-0.2, 0) is 16.1 Å². The highest BCUT2D eigenvalue weighted by atomic mass is 16.5. The molecule has 0 fully saturated rings. The van der Waals surface area contributed by atoms with Crippen LogP contribution in [0.2, 0.25) is 0 Å². The van der Waals surface area contributed by atoms with Gasteiger partial charge in [-0.3, -0.25) is 0 Å². The second kappa shape index (κ2) is 10.3. The molecule has 0 atom stereocenters. The maximum Gasteiger partial charge on any atom is 0.158 e. The number of hydrogen-bond acceptors (Lipinski definition) is 6. The normalized spacial score (nSPS) is 10.9. The molecule has 0 saturated carbocycles. The molecule has 21 heavy (non-hydrogen) atoms. The van der Waals surface area contributed by atoms with Gasteiger partial charge in [-0.05, 0) is 19.3 Å². The van der Waals surface area contributed by atoms with E-state index in [9.17, 15) is 0 Å². The summed E-state index contributed by atoms with van der Waals surface area (Å²) in [6.45, 7) is 9.75. The Hall–Kier alpha value is -1.40. The third-order valence-corrected chi connectivity index (χ3v) is 2.69. The molecular formula is C15H28N4O2. The minimum atomic E-state index is 0.429. The Morgan fingerprint density at radius 1 is 1.19 bits per heavy atom. The minimum Gasteiger partial charge on any atom is -0.381 e. The quantitative estimate of drug-likeness (QED) is 0.612. The molecule has 0 radical (unpaired) electrons. The van der Waals surface area contributed by atoms with E-state index in [1.165, 1.54) is 0 Å². The van der Waals surface area contributed by atoms with Gasteiger partial charge in [0.25, 0.3) is 0 Å². The van der Waals surface area contributed by atoms with Gasteiger partial charge >= 0.3 is 0 Å². The largest absolute Gasteiger partial charge is 0.381 e. The Morgan fingerprint density at radius 2 is 1.95 bits per heavy atom. The summed E-state index contributed by atoms with van der Waals surface area (Å²) in [5.41, 5.74) is 0. The topological polar surface area (TPSA) is 68.3 Å². The molecule has 0 aromatic carbocycles. The number of anilines is 2. The highest BCUT2D eigenvalue weighted by Crippen LogP contribution is 2.11. The summed E-state index contributed by atoms with van der Waals surface area (Å²) in [5, 5.41) is 6.33. The lowest BCUT2D eigenvalue weighted by molar-refractivity contribution is 0.110. The zero-order valence-electron chi connectivity index (χ0n) is 13.6. The van der Waals surface area contributed by atoms with Crippen molar-refractivity contribution in [1.29, 1.82) is 0 Å². The molecule has 1 aromatic rings. The average molecular weight is 296 g/mol. The van der Waals surface area contributed by atoms with Crippen LogP contribution in [0.15, 0.2) is 6.07 Å². The van der Waals surface area contributed by atoms with Crippen LogP contribution in [0, 0.1) is 5.92 Å². The lowest BCUT2D eigenvalue weighted by Crippen LogP contribution is -2.11. The first-order valence-corrected chi connectivity index (χ1v) is 7.60. The zero-order chi connectivity index (χ0) is 15.5. The number of rotatable bonds is 11. The van der Waals surface area contributed by atoms with Crippen LogP contribution in [0.5, 0.6) is 0 Å². The van der Waals surface area contributed by atoms with Gasteiger partial charge in [-0.15, -0.1) is 0 Å². The van der Waals surface area contributed by atoms with E-state index in [-0.39, 0.29) is 0 Å². The Bertz CT molecular complexity index is 399. The summed E-state index contributed by atoms with van der Waals surface area (Å²) in [7, 11) is 1.84. The molecular weight excluding hydrogens is 268 g/mol. The first-order valence-electron chi connectivity index (χ1n) is 7.60. The third kappa shape index (κ3) is 7.82. The van der Waals surface area contributed by atoms with Crippen molar-refractivity contribution in [3.05, 3.63) is 11.9 Å².